The van der Waals surface area contributed by atoms with Crippen molar-refractivity contribution in [3.63, 3.8) is 0 Å². The van der Waals surface area contributed by atoms with Crippen molar-refractivity contribution in [3.8, 4) is 0 Å². The van der Waals surface area contributed by atoms with Crippen molar-refractivity contribution < 1.29 is 24.6 Å². The van der Waals surface area contributed by atoms with Crippen molar-refractivity contribution in [2.45, 2.75) is 0 Å². The van der Waals surface area contributed by atoms with E-state index in [2.05, 4.69) is 9.98 Å². The van der Waals surface area contributed by atoms with Gasteiger partial charge >= 0.3 is 202 Å². The molecule has 0 aliphatic carbocycles. The van der Waals surface area contributed by atoms with Gasteiger partial charge in [0.15, 0.2) is 0 Å². The van der Waals surface area contributed by atoms with Crippen LogP contribution in [0.3, 0.4) is 0 Å². The van der Waals surface area contributed by atoms with E-state index in [4.69, 9.17) is 15.1 Å². The first-order valence-electron chi connectivity index (χ1n) is 10.5. The summed E-state index contributed by atoms with van der Waals surface area (Å²) < 4.78 is 1.98. The summed E-state index contributed by atoms with van der Waals surface area (Å²) in [5.41, 5.74) is 6.89. The second-order valence-electron chi connectivity index (χ2n) is 7.72. The fourth-order valence-corrected chi connectivity index (χ4v) is 4.83. The summed E-state index contributed by atoms with van der Waals surface area (Å²) in [6.07, 6.45) is 21.6. The number of carboxylic acids is 1. The predicted molar refractivity (Wildman–Crippen MR) is 131 cm³/mol. The number of rotatable bonds is 3. The van der Waals surface area contributed by atoms with E-state index >= 15 is 0 Å². The van der Waals surface area contributed by atoms with Crippen LogP contribution in [0.15, 0.2) is 138 Å². The minimum absolute atomic E-state index is 0.267. The first kappa shape index (κ1) is 20.4. The number of hydrogen-bond donors (Lipinski definition) is 1. The Morgan fingerprint density at radius 1 is 0.618 bits per heavy atom. The molecule has 5 aliphatic heterocycles. The summed E-state index contributed by atoms with van der Waals surface area (Å²) >= 11 is 0.965. The van der Waals surface area contributed by atoms with Gasteiger partial charge in [-0.25, -0.2) is 0 Å². The van der Waals surface area contributed by atoms with E-state index in [-0.39, 0.29) is 5.56 Å². The normalized spacial score (nSPS) is 19.7. The van der Waals surface area contributed by atoms with Gasteiger partial charge in [0.1, 0.15) is 0 Å². The zero-order valence-electron chi connectivity index (χ0n) is 17.6. The number of allylic oxidation sites excluding steroid dienone is 12. The molecule has 0 radical (unpaired) electrons. The van der Waals surface area contributed by atoms with Crippen molar-refractivity contribution in [1.82, 2.24) is 0 Å². The van der Waals surface area contributed by atoms with Crippen molar-refractivity contribution in [1.29, 1.82) is 0 Å². The fraction of sp³-hybridized carbons (Fsp3) is 0. The molecule has 0 spiro atoms. The van der Waals surface area contributed by atoms with E-state index in [1.165, 1.54) is 0 Å². The number of aliphatic imine (C=N–C) groups is 4. The molecule has 6 nitrogen and oxygen atoms in total. The Bertz CT molecular complexity index is 1520. The molecule has 0 atom stereocenters. The standard InChI is InChI=1S/C20H11N4.C7H5O2.Co/c1-2-14-10-16-5-6-18(23-16)12-20-8-7-19(24-20)11-17-4-3-15(22-17)9-13(1)21-14;8-7(9)6-4-2-1-3-5-6;/h1-7,9-12H;2-5H,(H,8,9);. The van der Waals surface area contributed by atoms with Crippen LogP contribution >= 0.6 is 0 Å². The van der Waals surface area contributed by atoms with E-state index in [0.717, 1.165) is 69.3 Å². The van der Waals surface area contributed by atoms with Crippen LogP contribution in [-0.4, -0.2) is 33.9 Å². The summed E-state index contributed by atoms with van der Waals surface area (Å²) in [4.78, 5) is 30.0. The second-order valence-corrected chi connectivity index (χ2v) is 9.14. The quantitative estimate of drug-likeness (QED) is 0.699. The number of carboxylic acid groups (broad SMARTS) is 1. The number of benzene rings is 1. The van der Waals surface area contributed by atoms with Gasteiger partial charge in [-0.15, -0.1) is 0 Å². The molecular formula is C27H16CoN4O2. The maximum atomic E-state index is 11.2. The van der Waals surface area contributed by atoms with Crippen LogP contribution in [0.5, 0.6) is 0 Å². The van der Waals surface area contributed by atoms with E-state index in [0.29, 0.717) is 0 Å². The summed E-state index contributed by atoms with van der Waals surface area (Å²) in [7, 11) is 0. The molecule has 0 unspecified atom stereocenters. The van der Waals surface area contributed by atoms with Crippen molar-refractivity contribution >= 4 is 33.3 Å². The Balaban J connectivity index is 1.40. The Labute approximate surface area is 201 Å². The minimum atomic E-state index is -0.936. The van der Waals surface area contributed by atoms with Gasteiger partial charge in [-0.05, 0) is 0 Å². The van der Waals surface area contributed by atoms with Crippen LogP contribution in [0.1, 0.15) is 10.4 Å². The molecule has 8 bridgehead atoms. The van der Waals surface area contributed by atoms with Gasteiger partial charge in [-0.2, -0.15) is 0 Å². The van der Waals surface area contributed by atoms with Gasteiger partial charge in [0.05, 0.1) is 0 Å². The third kappa shape index (κ3) is 4.22. The first-order valence-corrected chi connectivity index (χ1v) is 11.5. The topological polar surface area (TPSA) is 86.7 Å². The van der Waals surface area contributed by atoms with E-state index in [9.17, 15) is 4.79 Å². The molecule has 34 heavy (non-hydrogen) atoms. The summed E-state index contributed by atoms with van der Waals surface area (Å²) in [6.45, 7) is 0. The van der Waals surface area contributed by atoms with Gasteiger partial charge in [0.25, 0.3) is 0 Å². The summed E-state index contributed by atoms with van der Waals surface area (Å²) in [6, 6.07) is 6.89. The third-order valence-electron chi connectivity index (χ3n) is 5.23. The molecule has 1 aromatic carbocycles. The molecule has 0 saturated carbocycles. The molecule has 5 aliphatic rings. The maximum absolute atomic E-state index is 11.2. The van der Waals surface area contributed by atoms with Crippen molar-refractivity contribution in [2.24, 2.45) is 20.0 Å². The second kappa shape index (κ2) is 8.29. The molecule has 0 fully saturated rings. The number of nitrogens with zero attached hydrogens (tertiary/aromatic N) is 4. The molecule has 7 heteroatoms. The van der Waals surface area contributed by atoms with Gasteiger partial charge in [0.2, 0.25) is 0 Å². The molecule has 0 saturated heterocycles. The summed E-state index contributed by atoms with van der Waals surface area (Å²) in [5, 5.41) is 9.16. The molecular weight excluding hydrogens is 471 g/mol. The van der Waals surface area contributed by atoms with Gasteiger partial charge in [-0.1, -0.05) is 0 Å². The van der Waals surface area contributed by atoms with Crippen LogP contribution in [0.25, 0.3) is 0 Å². The van der Waals surface area contributed by atoms with Crippen LogP contribution in [0.4, 0.5) is 0 Å². The fourth-order valence-electron chi connectivity index (χ4n) is 3.66. The molecule has 0 aromatic heterocycles. The van der Waals surface area contributed by atoms with Gasteiger partial charge in [0, 0.05) is 0 Å². The first-order chi connectivity index (χ1) is 16.6. The Hall–Kier alpha value is -4.20. The molecule has 1 N–H and O–H groups in total. The van der Waals surface area contributed by atoms with E-state index in [1.807, 2.05) is 79.0 Å². The number of hydrogen-bond acceptors (Lipinski definition) is 5. The third-order valence-corrected chi connectivity index (χ3v) is 6.58. The molecule has 165 valence electrons. The SMILES string of the molecule is O=C(O)c1cc[c]([Co][C]2=CC3=CC4=NC(=CC5=NC(=CC6=NC(=CC2=N3)C=C6)C=C5)C=C4)cc1. The Morgan fingerprint density at radius 3 is 1.71 bits per heavy atom. The Morgan fingerprint density at radius 2 is 1.15 bits per heavy atom. The zero-order valence-corrected chi connectivity index (χ0v) is 18.7. The zero-order chi connectivity index (χ0) is 23.1. The molecule has 6 rings (SSSR count). The average molecular weight is 487 g/mol. The number of aromatic carboxylic acids is 1. The predicted octanol–water partition coefficient (Wildman–Crippen LogP) is 4.01. The van der Waals surface area contributed by atoms with Gasteiger partial charge < -0.3 is 0 Å². The van der Waals surface area contributed by atoms with E-state index in [1.54, 1.807) is 12.1 Å². The Kier molecular flexibility index (Phi) is 4.98. The van der Waals surface area contributed by atoms with Crippen LogP contribution in [0, 0.1) is 0 Å². The number of fused-ring (bicyclic) bond motifs is 4. The van der Waals surface area contributed by atoms with Crippen LogP contribution in [-0.2, 0) is 14.7 Å². The van der Waals surface area contributed by atoms with Crippen LogP contribution in [0.2, 0.25) is 0 Å². The molecule has 0 amide bonds. The van der Waals surface area contributed by atoms with Gasteiger partial charge in [-0.3, -0.25) is 0 Å². The average Bonchev–Trinajstić information content (AvgIpc) is 3.60. The number of carbonyl (C=O) groups is 1. The monoisotopic (exact) mass is 487 g/mol. The molecule has 5 heterocycles. The van der Waals surface area contributed by atoms with Crippen LogP contribution < -0.4 is 4.50 Å². The van der Waals surface area contributed by atoms with E-state index < -0.39 is 5.97 Å². The molecule has 1 aromatic rings. The van der Waals surface area contributed by atoms with Crippen molar-refractivity contribution in [2.75, 3.05) is 0 Å². The summed E-state index contributed by atoms with van der Waals surface area (Å²) in [5.74, 6) is -0.936. The van der Waals surface area contributed by atoms with Crippen molar-refractivity contribution in [3.05, 3.63) is 124 Å².